The Morgan fingerprint density at radius 1 is 1.19 bits per heavy atom. The first-order valence-electron chi connectivity index (χ1n) is 4.45. The molecule has 1 aromatic carbocycles. The van der Waals surface area contributed by atoms with Crippen LogP contribution in [0.25, 0.3) is 5.69 Å². The molecule has 82 valence electrons. The number of carboxylic acids is 1. The van der Waals surface area contributed by atoms with Crippen molar-refractivity contribution in [2.45, 2.75) is 0 Å². The van der Waals surface area contributed by atoms with E-state index in [9.17, 15) is 4.79 Å². The first-order chi connectivity index (χ1) is 7.58. The van der Waals surface area contributed by atoms with Gasteiger partial charge in [0, 0.05) is 19.0 Å². The monoisotopic (exact) mass is 439 g/mol. The maximum absolute atomic E-state index is 11.1. The number of halogens is 2. The van der Waals surface area contributed by atoms with Gasteiger partial charge in [0.1, 0.15) is 5.69 Å². The number of aromatic nitrogens is 1. The Morgan fingerprint density at radius 3 is 2.56 bits per heavy atom. The zero-order valence-electron chi connectivity index (χ0n) is 8.02. The fourth-order valence-electron chi connectivity index (χ4n) is 1.43. The number of hydrogen-bond donors (Lipinski definition) is 1. The third-order valence-electron chi connectivity index (χ3n) is 2.09. The molecule has 0 unspecified atom stereocenters. The largest absolute Gasteiger partial charge is 0.477 e. The highest BCUT2D eigenvalue weighted by molar-refractivity contribution is 14.1. The molecule has 3 nitrogen and oxygen atoms in total. The van der Waals surface area contributed by atoms with Crippen LogP contribution in [0.2, 0.25) is 0 Å². The Hall–Kier alpha value is -0.570. The lowest BCUT2D eigenvalue weighted by atomic mass is 10.3. The molecule has 1 heterocycles. The van der Waals surface area contributed by atoms with Crippen molar-refractivity contribution in [2.24, 2.45) is 0 Å². The molecule has 0 saturated carbocycles. The van der Waals surface area contributed by atoms with E-state index in [4.69, 9.17) is 5.11 Å². The molecule has 0 bridgehead atoms. The minimum Gasteiger partial charge on any atom is -0.477 e. The lowest BCUT2D eigenvalue weighted by Crippen LogP contribution is -2.05. The SMILES string of the molecule is O=C(O)c1cc(I)cn1-c1cccc(I)c1. The average molecular weight is 439 g/mol. The smallest absolute Gasteiger partial charge is 0.352 e. The second-order valence-electron chi connectivity index (χ2n) is 3.20. The number of nitrogens with zero attached hydrogens (tertiary/aromatic N) is 1. The van der Waals surface area contributed by atoms with Gasteiger partial charge in [-0.2, -0.15) is 0 Å². The van der Waals surface area contributed by atoms with E-state index < -0.39 is 5.97 Å². The molecule has 1 aromatic heterocycles. The zero-order chi connectivity index (χ0) is 11.7. The molecule has 0 radical (unpaired) electrons. The third kappa shape index (κ3) is 2.40. The van der Waals surface area contributed by atoms with Gasteiger partial charge in [-0.3, -0.25) is 0 Å². The number of carbonyl (C=O) groups is 1. The van der Waals surface area contributed by atoms with Gasteiger partial charge in [0.25, 0.3) is 0 Å². The molecule has 1 N–H and O–H groups in total. The van der Waals surface area contributed by atoms with Gasteiger partial charge in [0.15, 0.2) is 0 Å². The summed E-state index contributed by atoms with van der Waals surface area (Å²) >= 11 is 4.31. The number of hydrogen-bond acceptors (Lipinski definition) is 1. The number of benzene rings is 1. The maximum atomic E-state index is 11.1. The lowest BCUT2D eigenvalue weighted by molar-refractivity contribution is 0.0688. The second-order valence-corrected chi connectivity index (χ2v) is 5.69. The van der Waals surface area contributed by atoms with Crippen LogP contribution in [0, 0.1) is 7.14 Å². The Balaban J connectivity index is 2.59. The lowest BCUT2D eigenvalue weighted by Gasteiger charge is -2.06. The average Bonchev–Trinajstić information content (AvgIpc) is 2.60. The van der Waals surface area contributed by atoms with Crippen molar-refractivity contribution < 1.29 is 9.90 Å². The Labute approximate surface area is 120 Å². The summed E-state index contributed by atoms with van der Waals surface area (Å²) in [7, 11) is 0. The van der Waals surface area contributed by atoms with Gasteiger partial charge < -0.3 is 9.67 Å². The van der Waals surface area contributed by atoms with Crippen LogP contribution in [0.15, 0.2) is 36.5 Å². The molecule has 5 heteroatoms. The van der Waals surface area contributed by atoms with Crippen molar-refractivity contribution in [1.29, 1.82) is 0 Å². The molecule has 0 spiro atoms. The topological polar surface area (TPSA) is 42.2 Å². The normalized spacial score (nSPS) is 10.4. The summed E-state index contributed by atoms with van der Waals surface area (Å²) in [4.78, 5) is 11.1. The summed E-state index contributed by atoms with van der Waals surface area (Å²) in [6.45, 7) is 0. The first-order valence-corrected chi connectivity index (χ1v) is 6.61. The standard InChI is InChI=1S/C11H7I2NO2/c12-7-2-1-3-9(4-7)14-6-8(13)5-10(14)11(15)16/h1-6H,(H,15,16). The van der Waals surface area contributed by atoms with Crippen molar-refractivity contribution in [1.82, 2.24) is 4.57 Å². The number of rotatable bonds is 2. The predicted octanol–water partition coefficient (Wildman–Crippen LogP) is 3.38. The fraction of sp³-hybridized carbons (Fsp3) is 0. The highest BCUT2D eigenvalue weighted by Crippen LogP contribution is 2.19. The van der Waals surface area contributed by atoms with Crippen molar-refractivity contribution in [2.75, 3.05) is 0 Å². The molecule has 0 aliphatic heterocycles. The van der Waals surface area contributed by atoms with Crippen LogP contribution in [0.1, 0.15) is 10.5 Å². The van der Waals surface area contributed by atoms with Crippen LogP contribution in [-0.2, 0) is 0 Å². The molecular formula is C11H7I2NO2. The molecule has 16 heavy (non-hydrogen) atoms. The van der Waals surface area contributed by atoms with Crippen LogP contribution < -0.4 is 0 Å². The molecule has 0 atom stereocenters. The molecule has 0 saturated heterocycles. The van der Waals surface area contributed by atoms with E-state index in [0.29, 0.717) is 0 Å². The van der Waals surface area contributed by atoms with Crippen LogP contribution in [0.5, 0.6) is 0 Å². The second kappa shape index (κ2) is 4.74. The Kier molecular flexibility index (Phi) is 3.53. The van der Waals surface area contributed by atoms with E-state index in [1.54, 1.807) is 10.6 Å². The Morgan fingerprint density at radius 2 is 1.94 bits per heavy atom. The molecular weight excluding hydrogens is 432 g/mol. The van der Waals surface area contributed by atoms with E-state index in [0.717, 1.165) is 12.8 Å². The van der Waals surface area contributed by atoms with Crippen LogP contribution in [-0.4, -0.2) is 15.6 Å². The van der Waals surface area contributed by atoms with Gasteiger partial charge in [0.2, 0.25) is 0 Å². The van der Waals surface area contributed by atoms with Gasteiger partial charge in [-0.25, -0.2) is 4.79 Å². The molecule has 2 rings (SSSR count). The number of aromatic carboxylic acids is 1. The molecule has 0 amide bonds. The predicted molar refractivity (Wildman–Crippen MR) is 78.2 cm³/mol. The van der Waals surface area contributed by atoms with E-state index in [1.807, 2.05) is 30.5 Å². The third-order valence-corrected chi connectivity index (χ3v) is 3.35. The van der Waals surface area contributed by atoms with E-state index in [-0.39, 0.29) is 5.69 Å². The summed E-state index contributed by atoms with van der Waals surface area (Å²) in [5.41, 5.74) is 1.15. The molecule has 2 aromatic rings. The van der Waals surface area contributed by atoms with Crippen molar-refractivity contribution >= 4 is 51.2 Å². The van der Waals surface area contributed by atoms with Crippen molar-refractivity contribution in [3.8, 4) is 5.69 Å². The minimum atomic E-state index is -0.915. The van der Waals surface area contributed by atoms with Crippen molar-refractivity contribution in [3.05, 3.63) is 49.4 Å². The molecule has 0 aliphatic carbocycles. The Bertz CT molecular complexity index is 549. The summed E-state index contributed by atoms with van der Waals surface area (Å²) in [5, 5.41) is 9.08. The highest BCUT2D eigenvalue weighted by Gasteiger charge is 2.12. The first kappa shape index (κ1) is 11.9. The number of carboxylic acid groups (broad SMARTS) is 1. The summed E-state index contributed by atoms with van der Waals surface area (Å²) < 4.78 is 3.68. The van der Waals surface area contributed by atoms with Gasteiger partial charge in [0.05, 0.1) is 0 Å². The van der Waals surface area contributed by atoms with Gasteiger partial charge in [-0.05, 0) is 69.4 Å². The summed E-state index contributed by atoms with van der Waals surface area (Å²) in [6.07, 6.45) is 1.81. The zero-order valence-corrected chi connectivity index (χ0v) is 12.3. The van der Waals surface area contributed by atoms with Gasteiger partial charge in [-0.15, -0.1) is 0 Å². The fourth-order valence-corrected chi connectivity index (χ4v) is 2.53. The minimum absolute atomic E-state index is 0.284. The van der Waals surface area contributed by atoms with Crippen molar-refractivity contribution in [3.63, 3.8) is 0 Å². The maximum Gasteiger partial charge on any atom is 0.352 e. The van der Waals surface area contributed by atoms with Gasteiger partial charge >= 0.3 is 5.97 Å². The van der Waals surface area contributed by atoms with Crippen LogP contribution >= 0.6 is 45.2 Å². The molecule has 0 aliphatic rings. The van der Waals surface area contributed by atoms with Gasteiger partial charge in [-0.1, -0.05) is 6.07 Å². The molecule has 0 fully saturated rings. The van der Waals surface area contributed by atoms with E-state index in [1.165, 1.54) is 0 Å². The van der Waals surface area contributed by atoms with Crippen LogP contribution in [0.4, 0.5) is 0 Å². The van der Waals surface area contributed by atoms with E-state index >= 15 is 0 Å². The summed E-state index contributed by atoms with van der Waals surface area (Å²) in [5.74, 6) is -0.915. The summed E-state index contributed by atoms with van der Waals surface area (Å²) in [6, 6.07) is 9.38. The quantitative estimate of drug-likeness (QED) is 0.730. The highest BCUT2D eigenvalue weighted by atomic mass is 127. The van der Waals surface area contributed by atoms with E-state index in [2.05, 4.69) is 45.2 Å². The van der Waals surface area contributed by atoms with Crippen LogP contribution in [0.3, 0.4) is 0 Å².